The van der Waals surface area contributed by atoms with Gasteiger partial charge in [-0.1, -0.05) is 30.3 Å². The van der Waals surface area contributed by atoms with Crippen molar-refractivity contribution < 1.29 is 23.5 Å². The molecule has 2 aromatic carbocycles. The lowest BCUT2D eigenvalue weighted by Gasteiger charge is -2.34. The predicted octanol–water partition coefficient (Wildman–Crippen LogP) is 2.18. The molecule has 2 aliphatic heterocycles. The van der Waals surface area contributed by atoms with Gasteiger partial charge in [0.2, 0.25) is 11.8 Å². The molecule has 3 heterocycles. The number of hydrogen-bond acceptors (Lipinski definition) is 7. The molecule has 1 unspecified atom stereocenters. The van der Waals surface area contributed by atoms with E-state index in [0.29, 0.717) is 16.6 Å². The molecule has 156 valence electrons. The molecule has 1 aromatic heterocycles. The van der Waals surface area contributed by atoms with E-state index >= 15 is 0 Å². The fraction of sp³-hybridized carbons (Fsp3) is 0.174. The second kappa shape index (κ2) is 6.46. The summed E-state index contributed by atoms with van der Waals surface area (Å²) in [5.41, 5.74) is 4.53. The first kappa shape index (κ1) is 18.9. The van der Waals surface area contributed by atoms with Gasteiger partial charge in [0.15, 0.2) is 5.75 Å². The molecule has 0 bridgehead atoms. The molecule has 31 heavy (non-hydrogen) atoms. The Hall–Kier alpha value is -4.07. The monoisotopic (exact) mass is 418 g/mol. The summed E-state index contributed by atoms with van der Waals surface area (Å²) in [6.45, 7) is 1.69. The average molecular weight is 418 g/mol. The molecule has 2 aliphatic rings. The number of nitrogens with two attached hydrogens (primary N) is 1. The van der Waals surface area contributed by atoms with Gasteiger partial charge in [0.25, 0.3) is 0 Å². The lowest BCUT2D eigenvalue weighted by molar-refractivity contribution is -0.140. The Morgan fingerprint density at radius 2 is 1.84 bits per heavy atom. The zero-order chi connectivity index (χ0) is 21.9. The SMILES string of the molecule is CCOC(=O)C1=C(N)Oc2c(c(=O)oc3ccccc23)C12C(=O)N(C)c1ccccc12. The molecular weight excluding hydrogens is 400 g/mol. The number of likely N-dealkylation sites (N-methyl/N-ethyl adjacent to an activating group) is 1. The molecular formula is C23H18N2O6. The summed E-state index contributed by atoms with van der Waals surface area (Å²) >= 11 is 0. The number of carbonyl (C=O) groups excluding carboxylic acids is 2. The molecule has 8 nitrogen and oxygen atoms in total. The third-order valence-electron chi connectivity index (χ3n) is 5.75. The standard InChI is InChI=1S/C23H18N2O6/c1-3-29-20(26)17-19(24)31-18-12-8-4-7-11-15(12)30-21(27)16(18)23(17)13-9-5-6-10-14(13)25(2)22(23)28/h4-11H,3,24H2,1-2H3. The average Bonchev–Trinajstić information content (AvgIpc) is 2.97. The summed E-state index contributed by atoms with van der Waals surface area (Å²) < 4.78 is 16.6. The molecule has 0 saturated heterocycles. The van der Waals surface area contributed by atoms with Crippen molar-refractivity contribution in [3.05, 3.63) is 81.5 Å². The Morgan fingerprint density at radius 1 is 1.13 bits per heavy atom. The van der Waals surface area contributed by atoms with Crippen molar-refractivity contribution >= 4 is 28.5 Å². The second-order valence-electron chi connectivity index (χ2n) is 7.28. The fourth-order valence-corrected chi connectivity index (χ4v) is 4.52. The number of benzene rings is 2. The maximum Gasteiger partial charge on any atom is 0.345 e. The highest BCUT2D eigenvalue weighted by Gasteiger charge is 2.62. The Labute approximate surface area is 176 Å². The zero-order valence-electron chi connectivity index (χ0n) is 16.8. The number of hydrogen-bond donors (Lipinski definition) is 1. The lowest BCUT2D eigenvalue weighted by atomic mass is 9.68. The molecule has 0 saturated carbocycles. The van der Waals surface area contributed by atoms with E-state index in [4.69, 9.17) is 19.6 Å². The van der Waals surface area contributed by atoms with Gasteiger partial charge in [-0.15, -0.1) is 0 Å². The van der Waals surface area contributed by atoms with Gasteiger partial charge in [-0.25, -0.2) is 9.59 Å². The molecule has 2 N–H and O–H groups in total. The van der Waals surface area contributed by atoms with Crippen molar-refractivity contribution in [1.29, 1.82) is 0 Å². The van der Waals surface area contributed by atoms with Gasteiger partial charge in [0.05, 0.1) is 12.0 Å². The van der Waals surface area contributed by atoms with Crippen molar-refractivity contribution in [1.82, 2.24) is 0 Å². The maximum atomic E-state index is 13.8. The smallest absolute Gasteiger partial charge is 0.345 e. The number of fused-ring (bicyclic) bond motifs is 6. The summed E-state index contributed by atoms with van der Waals surface area (Å²) in [5, 5.41) is 0.460. The highest BCUT2D eigenvalue weighted by Crippen LogP contribution is 2.55. The quantitative estimate of drug-likeness (QED) is 0.501. The fourth-order valence-electron chi connectivity index (χ4n) is 4.52. The predicted molar refractivity (Wildman–Crippen MR) is 112 cm³/mol. The first-order chi connectivity index (χ1) is 14.9. The van der Waals surface area contributed by atoms with Gasteiger partial charge in [0.1, 0.15) is 22.1 Å². The molecule has 8 heteroatoms. The zero-order valence-corrected chi connectivity index (χ0v) is 16.8. The minimum absolute atomic E-state index is 0.0521. The van der Waals surface area contributed by atoms with E-state index in [-0.39, 0.29) is 35.0 Å². The van der Waals surface area contributed by atoms with Crippen LogP contribution in [0.4, 0.5) is 5.69 Å². The Kier molecular flexibility index (Phi) is 3.95. The normalized spacial score (nSPS) is 19.4. The minimum atomic E-state index is -1.85. The summed E-state index contributed by atoms with van der Waals surface area (Å²) in [7, 11) is 1.58. The number of carbonyl (C=O) groups is 2. The first-order valence-electron chi connectivity index (χ1n) is 9.72. The van der Waals surface area contributed by atoms with Gasteiger partial charge < -0.3 is 24.5 Å². The van der Waals surface area contributed by atoms with Crippen LogP contribution in [0.3, 0.4) is 0 Å². The van der Waals surface area contributed by atoms with Crippen LogP contribution >= 0.6 is 0 Å². The van der Waals surface area contributed by atoms with Crippen LogP contribution in [0.15, 0.2) is 69.2 Å². The van der Waals surface area contributed by atoms with Crippen LogP contribution in [0.25, 0.3) is 11.0 Å². The van der Waals surface area contributed by atoms with Crippen molar-refractivity contribution in [3.63, 3.8) is 0 Å². The van der Waals surface area contributed by atoms with Crippen LogP contribution in [0.5, 0.6) is 5.75 Å². The van der Waals surface area contributed by atoms with Crippen LogP contribution in [0, 0.1) is 0 Å². The third kappa shape index (κ3) is 2.27. The number of nitrogens with zero attached hydrogens (tertiary/aromatic N) is 1. The van der Waals surface area contributed by atoms with E-state index in [9.17, 15) is 14.4 Å². The van der Waals surface area contributed by atoms with Crippen molar-refractivity contribution in [3.8, 4) is 5.75 Å². The highest BCUT2D eigenvalue weighted by atomic mass is 16.5. The highest BCUT2D eigenvalue weighted by molar-refractivity contribution is 6.18. The van der Waals surface area contributed by atoms with E-state index in [1.807, 2.05) is 0 Å². The van der Waals surface area contributed by atoms with Crippen LogP contribution < -0.4 is 21.0 Å². The molecule has 0 radical (unpaired) electrons. The number of esters is 1. The summed E-state index contributed by atoms with van der Waals surface area (Å²) in [6, 6.07) is 13.7. The van der Waals surface area contributed by atoms with Crippen LogP contribution in [0.2, 0.25) is 0 Å². The summed E-state index contributed by atoms with van der Waals surface area (Å²) in [4.78, 5) is 41.6. The maximum absolute atomic E-state index is 13.8. The van der Waals surface area contributed by atoms with Crippen LogP contribution in [0.1, 0.15) is 18.1 Å². The Balaban J connectivity index is 1.99. The first-order valence-corrected chi connectivity index (χ1v) is 9.72. The molecule has 0 aliphatic carbocycles. The van der Waals surface area contributed by atoms with Crippen LogP contribution in [-0.4, -0.2) is 25.5 Å². The number of anilines is 1. The second-order valence-corrected chi connectivity index (χ2v) is 7.28. The van der Waals surface area contributed by atoms with Crippen molar-refractivity contribution in [2.75, 3.05) is 18.6 Å². The molecule has 1 spiro atoms. The van der Waals surface area contributed by atoms with E-state index in [1.54, 1.807) is 62.5 Å². The summed E-state index contributed by atoms with van der Waals surface area (Å²) in [5.74, 6) is -1.56. The third-order valence-corrected chi connectivity index (χ3v) is 5.75. The molecule has 5 rings (SSSR count). The van der Waals surface area contributed by atoms with Gasteiger partial charge >= 0.3 is 11.6 Å². The minimum Gasteiger partial charge on any atom is -0.462 e. The number of amides is 1. The summed E-state index contributed by atoms with van der Waals surface area (Å²) in [6.07, 6.45) is 0. The lowest BCUT2D eigenvalue weighted by Crippen LogP contribution is -2.50. The number of para-hydroxylation sites is 2. The van der Waals surface area contributed by atoms with Crippen molar-refractivity contribution in [2.24, 2.45) is 5.73 Å². The van der Waals surface area contributed by atoms with E-state index < -0.39 is 22.9 Å². The Morgan fingerprint density at radius 3 is 2.61 bits per heavy atom. The molecule has 0 fully saturated rings. The van der Waals surface area contributed by atoms with Gasteiger partial charge in [-0.3, -0.25) is 4.79 Å². The van der Waals surface area contributed by atoms with Crippen molar-refractivity contribution in [2.45, 2.75) is 12.3 Å². The van der Waals surface area contributed by atoms with Gasteiger partial charge in [0, 0.05) is 18.3 Å². The molecule has 1 atom stereocenters. The van der Waals surface area contributed by atoms with E-state index in [2.05, 4.69) is 0 Å². The van der Waals surface area contributed by atoms with E-state index in [1.165, 1.54) is 4.90 Å². The van der Waals surface area contributed by atoms with Gasteiger partial charge in [-0.05, 0) is 25.1 Å². The number of rotatable bonds is 2. The van der Waals surface area contributed by atoms with Gasteiger partial charge in [-0.2, -0.15) is 0 Å². The number of ether oxygens (including phenoxy) is 2. The largest absolute Gasteiger partial charge is 0.462 e. The Bertz CT molecular complexity index is 1370. The topological polar surface area (TPSA) is 112 Å². The molecule has 3 aromatic rings. The van der Waals surface area contributed by atoms with Crippen LogP contribution in [-0.2, 0) is 19.7 Å². The molecule has 1 amide bonds. The van der Waals surface area contributed by atoms with E-state index in [0.717, 1.165) is 0 Å².